The quantitative estimate of drug-likeness (QED) is 0.208. The number of piperazine rings is 1. The Bertz CT molecular complexity index is 1500. The molecule has 0 amide bonds. The van der Waals surface area contributed by atoms with E-state index in [1.165, 1.54) is 13.5 Å². The lowest BCUT2D eigenvalue weighted by Crippen LogP contribution is -2.44. The number of imidazole rings is 1. The van der Waals surface area contributed by atoms with Gasteiger partial charge in [-0.3, -0.25) is 9.69 Å². The second-order valence-corrected chi connectivity index (χ2v) is 10.8. The summed E-state index contributed by atoms with van der Waals surface area (Å²) in [4.78, 5) is 31.6. The molecule has 2 aliphatic heterocycles. The number of carbonyl (C=O) groups is 2. The molecule has 230 valence electrons. The Balaban J connectivity index is 0.000000178. The highest BCUT2D eigenvalue weighted by Gasteiger charge is 2.18. The first-order valence-electron chi connectivity index (χ1n) is 14.2. The smallest absolute Gasteiger partial charge is 0.337 e. The molecule has 0 atom stereocenters. The van der Waals surface area contributed by atoms with Gasteiger partial charge in [-0.15, -0.1) is 0 Å². The monoisotopic (exact) mass is 610 g/mol. The molecule has 0 spiro atoms. The number of methoxy groups -OCH3 is 1. The molecule has 0 radical (unpaired) electrons. The van der Waals surface area contributed by atoms with Gasteiger partial charge in [0.2, 0.25) is 0 Å². The molecule has 43 heavy (non-hydrogen) atoms. The average Bonchev–Trinajstić information content (AvgIpc) is 3.57. The average molecular weight is 611 g/mol. The van der Waals surface area contributed by atoms with Crippen LogP contribution in [0.5, 0.6) is 5.75 Å². The maximum absolute atomic E-state index is 11.7. The standard InChI is InChI=1S/C16H22N4O2.C13H11ClO3.C3H6O/c1-18-6-8-20(9-7-18)11-15-17-13-5-4-12(16(21)22-3)10-14(13)19(15)2;1-9-12(14)3-2-4-13(9)16-8-11-6-5-10(7-15)17-11;1-2-4-3-1/h4-5,10H,6-9,11H2,1-3H3;2-7H,8H2,1H3;1-3H2. The number of halogens is 1. The SMILES string of the molecule is C1COC1.COC(=O)c1ccc2nc(CN3CCN(C)CC3)n(C)c2c1.Cc1c(Cl)cccc1OCc1ccc(C=O)o1. The van der Waals surface area contributed by atoms with Crippen LogP contribution in [-0.2, 0) is 29.7 Å². The van der Waals surface area contributed by atoms with Crippen molar-refractivity contribution in [2.24, 2.45) is 7.05 Å². The van der Waals surface area contributed by atoms with Crippen molar-refractivity contribution in [3.8, 4) is 5.75 Å². The molecule has 0 aliphatic carbocycles. The fourth-order valence-electron chi connectivity index (χ4n) is 4.40. The Morgan fingerprint density at radius 3 is 2.42 bits per heavy atom. The second-order valence-electron chi connectivity index (χ2n) is 10.4. The van der Waals surface area contributed by atoms with E-state index in [4.69, 9.17) is 35.2 Å². The van der Waals surface area contributed by atoms with Crippen molar-refractivity contribution >= 4 is 34.9 Å². The summed E-state index contributed by atoms with van der Waals surface area (Å²) in [5, 5.41) is 0.663. The van der Waals surface area contributed by atoms with Gasteiger partial charge in [-0.1, -0.05) is 17.7 Å². The number of hydrogen-bond donors (Lipinski definition) is 0. The van der Waals surface area contributed by atoms with Gasteiger partial charge in [0.05, 0.1) is 30.3 Å². The van der Waals surface area contributed by atoms with E-state index < -0.39 is 0 Å². The van der Waals surface area contributed by atoms with Gasteiger partial charge in [-0.25, -0.2) is 9.78 Å². The molecule has 2 aliphatic rings. The van der Waals surface area contributed by atoms with Gasteiger partial charge in [0.1, 0.15) is 23.9 Å². The predicted molar refractivity (Wildman–Crippen MR) is 165 cm³/mol. The zero-order valence-electron chi connectivity index (χ0n) is 25.2. The molecular weight excluding hydrogens is 572 g/mol. The number of esters is 1. The van der Waals surface area contributed by atoms with E-state index in [0.717, 1.165) is 68.4 Å². The normalized spacial score (nSPS) is 15.0. The maximum Gasteiger partial charge on any atom is 0.337 e. The van der Waals surface area contributed by atoms with Crippen molar-refractivity contribution in [1.29, 1.82) is 0 Å². The van der Waals surface area contributed by atoms with Gasteiger partial charge in [0, 0.05) is 57.0 Å². The minimum Gasteiger partial charge on any atom is -0.485 e. The first-order valence-corrected chi connectivity index (χ1v) is 14.6. The van der Waals surface area contributed by atoms with Crippen LogP contribution in [0.25, 0.3) is 11.0 Å². The van der Waals surface area contributed by atoms with Gasteiger partial charge < -0.3 is 28.1 Å². The first kappa shape index (κ1) is 32.2. The molecule has 4 aromatic rings. The molecule has 2 fully saturated rings. The number of aldehydes is 1. The highest BCUT2D eigenvalue weighted by molar-refractivity contribution is 6.31. The van der Waals surface area contributed by atoms with E-state index >= 15 is 0 Å². The number of hydrogen-bond acceptors (Lipinski definition) is 9. The van der Waals surface area contributed by atoms with Crippen molar-refractivity contribution < 1.29 is 28.2 Å². The van der Waals surface area contributed by atoms with Crippen molar-refractivity contribution in [3.05, 3.63) is 82.0 Å². The largest absolute Gasteiger partial charge is 0.485 e. The lowest BCUT2D eigenvalue weighted by molar-refractivity contribution is 0.0367. The Labute approximate surface area is 257 Å². The Morgan fingerprint density at radius 2 is 1.79 bits per heavy atom. The molecule has 0 bridgehead atoms. The predicted octanol–water partition coefficient (Wildman–Crippen LogP) is 5.15. The van der Waals surface area contributed by atoms with E-state index in [9.17, 15) is 9.59 Å². The summed E-state index contributed by atoms with van der Waals surface area (Å²) in [5.74, 6) is 2.32. The Kier molecular flexibility index (Phi) is 11.7. The number of carbonyl (C=O) groups excluding carboxylic acids is 2. The van der Waals surface area contributed by atoms with Crippen LogP contribution in [0.1, 0.15) is 44.5 Å². The molecule has 0 unspecified atom stereocenters. The number of furan rings is 1. The van der Waals surface area contributed by atoms with Crippen LogP contribution in [-0.4, -0.2) is 85.2 Å². The van der Waals surface area contributed by atoms with E-state index in [0.29, 0.717) is 34.1 Å². The molecule has 4 heterocycles. The number of aryl methyl sites for hydroxylation is 1. The lowest BCUT2D eigenvalue weighted by Gasteiger charge is -2.31. The van der Waals surface area contributed by atoms with Gasteiger partial charge in [0.15, 0.2) is 12.0 Å². The number of aromatic nitrogens is 2. The molecule has 2 saturated heterocycles. The van der Waals surface area contributed by atoms with Crippen molar-refractivity contribution in [3.63, 3.8) is 0 Å². The zero-order chi connectivity index (χ0) is 30.8. The van der Waals surface area contributed by atoms with Crippen LogP contribution in [0.4, 0.5) is 0 Å². The molecule has 10 nitrogen and oxygen atoms in total. The fourth-order valence-corrected chi connectivity index (χ4v) is 4.57. The highest BCUT2D eigenvalue weighted by atomic mass is 35.5. The topological polar surface area (TPSA) is 99.3 Å². The van der Waals surface area contributed by atoms with Crippen molar-refractivity contribution in [1.82, 2.24) is 19.4 Å². The van der Waals surface area contributed by atoms with Gasteiger partial charge in [0.25, 0.3) is 0 Å². The van der Waals surface area contributed by atoms with Gasteiger partial charge in [-0.05, 0) is 62.9 Å². The summed E-state index contributed by atoms with van der Waals surface area (Å²) in [5.41, 5.74) is 3.33. The molecule has 2 aromatic carbocycles. The zero-order valence-corrected chi connectivity index (χ0v) is 25.9. The number of benzene rings is 2. The third-order valence-corrected chi connectivity index (χ3v) is 7.73. The molecular formula is C32H39ClN4O6. The van der Waals surface area contributed by atoms with Gasteiger partial charge >= 0.3 is 5.97 Å². The maximum atomic E-state index is 11.7. The van der Waals surface area contributed by atoms with Crippen LogP contribution in [0.3, 0.4) is 0 Å². The van der Waals surface area contributed by atoms with Crippen LogP contribution < -0.4 is 4.74 Å². The highest BCUT2D eigenvalue weighted by Crippen LogP contribution is 2.26. The summed E-state index contributed by atoms with van der Waals surface area (Å²) in [6.07, 6.45) is 1.94. The third-order valence-electron chi connectivity index (χ3n) is 7.32. The molecule has 6 rings (SSSR count). The summed E-state index contributed by atoms with van der Waals surface area (Å²) in [6, 6.07) is 14.3. The van der Waals surface area contributed by atoms with Crippen molar-refractivity contribution in [2.45, 2.75) is 26.5 Å². The summed E-state index contributed by atoms with van der Waals surface area (Å²) in [7, 11) is 5.55. The molecule has 0 saturated carbocycles. The molecule has 2 aromatic heterocycles. The Hall–Kier alpha value is -3.70. The fraction of sp³-hybridized carbons (Fsp3) is 0.406. The summed E-state index contributed by atoms with van der Waals surface area (Å²) in [6.45, 7) is 9.31. The third kappa shape index (κ3) is 8.90. The number of fused-ring (bicyclic) bond motifs is 1. The molecule has 0 N–H and O–H groups in total. The van der Waals surface area contributed by atoms with E-state index in [1.54, 1.807) is 24.3 Å². The van der Waals surface area contributed by atoms with Gasteiger partial charge in [-0.2, -0.15) is 0 Å². The van der Waals surface area contributed by atoms with E-state index in [1.807, 2.05) is 38.2 Å². The lowest BCUT2D eigenvalue weighted by atomic mass is 10.2. The number of likely N-dealkylation sites (N-methyl/N-ethyl adjacent to an activating group) is 1. The van der Waals surface area contributed by atoms with Crippen LogP contribution in [0.2, 0.25) is 5.02 Å². The summed E-state index contributed by atoms with van der Waals surface area (Å²) < 4.78 is 22.3. The number of nitrogens with zero attached hydrogens (tertiary/aromatic N) is 4. The number of rotatable bonds is 7. The number of ether oxygens (including phenoxy) is 3. The van der Waals surface area contributed by atoms with Crippen LogP contribution in [0.15, 0.2) is 52.9 Å². The van der Waals surface area contributed by atoms with Crippen molar-refractivity contribution in [2.75, 3.05) is 53.6 Å². The minimum absolute atomic E-state index is 0.273. The Morgan fingerprint density at radius 1 is 1.07 bits per heavy atom. The minimum atomic E-state index is -0.316. The van der Waals surface area contributed by atoms with Crippen LogP contribution >= 0.6 is 11.6 Å². The van der Waals surface area contributed by atoms with Crippen LogP contribution in [0, 0.1) is 6.92 Å². The summed E-state index contributed by atoms with van der Waals surface area (Å²) >= 11 is 5.97. The molecule has 11 heteroatoms. The second kappa shape index (κ2) is 15.7. The first-order chi connectivity index (χ1) is 20.8. The van der Waals surface area contributed by atoms with E-state index in [2.05, 4.69) is 21.4 Å². The van der Waals surface area contributed by atoms with E-state index in [-0.39, 0.29) is 12.6 Å².